The molecule has 1 aromatic carbocycles. The van der Waals surface area contributed by atoms with Crippen LogP contribution in [-0.2, 0) is 0 Å². The molecule has 0 aliphatic rings. The molecule has 1 aromatic rings. The fraction of sp³-hybridized carbons (Fsp3) is 0.467. The Bertz CT molecular complexity index is 371. The molecule has 1 rings (SSSR count). The Hall–Kier alpha value is -1.16. The number of hydrogen-bond acceptors (Lipinski definition) is 3. The zero-order chi connectivity index (χ0) is 13.6. The molecule has 0 aliphatic heterocycles. The van der Waals surface area contributed by atoms with Crippen LogP contribution < -0.4 is 5.32 Å². The number of benzene rings is 1. The largest absolute Gasteiger partial charge is 0.388 e. The first-order chi connectivity index (χ1) is 8.41. The average molecular weight is 248 g/mol. The van der Waals surface area contributed by atoms with Crippen molar-refractivity contribution < 1.29 is 5.11 Å². The summed E-state index contributed by atoms with van der Waals surface area (Å²) >= 11 is 0. The third kappa shape index (κ3) is 5.45. The van der Waals surface area contributed by atoms with Gasteiger partial charge >= 0.3 is 0 Å². The van der Waals surface area contributed by atoms with Gasteiger partial charge in [-0.05, 0) is 32.2 Å². The van der Waals surface area contributed by atoms with Gasteiger partial charge in [-0.1, -0.05) is 36.9 Å². The van der Waals surface area contributed by atoms with Gasteiger partial charge < -0.3 is 15.3 Å². The molecule has 0 aliphatic carbocycles. The van der Waals surface area contributed by atoms with Gasteiger partial charge in [0.25, 0.3) is 0 Å². The number of nitrogens with one attached hydrogen (secondary N) is 1. The Morgan fingerprint density at radius 1 is 1.33 bits per heavy atom. The summed E-state index contributed by atoms with van der Waals surface area (Å²) in [7, 11) is 3.91. The van der Waals surface area contributed by atoms with Gasteiger partial charge in [-0.15, -0.1) is 0 Å². The molecule has 0 fully saturated rings. The standard InChI is InChI=1S/C15H24N2O/c1-13(14-8-6-5-7-9-14)10-16-11-15(2,18)12-17(3)4/h5-9,16,18H,1,10-12H2,2-4H3. The van der Waals surface area contributed by atoms with Crippen molar-refractivity contribution in [1.82, 2.24) is 10.2 Å². The van der Waals surface area contributed by atoms with E-state index >= 15 is 0 Å². The van der Waals surface area contributed by atoms with E-state index in [1.807, 2.05) is 56.3 Å². The van der Waals surface area contributed by atoms with E-state index < -0.39 is 5.60 Å². The van der Waals surface area contributed by atoms with E-state index in [0.29, 0.717) is 19.6 Å². The highest BCUT2D eigenvalue weighted by Crippen LogP contribution is 2.10. The highest BCUT2D eigenvalue weighted by Gasteiger charge is 2.20. The van der Waals surface area contributed by atoms with Crippen molar-refractivity contribution in [3.05, 3.63) is 42.5 Å². The Labute approximate surface area is 110 Å². The Morgan fingerprint density at radius 3 is 2.50 bits per heavy atom. The second kappa shape index (κ2) is 6.69. The van der Waals surface area contributed by atoms with Gasteiger partial charge in [-0.25, -0.2) is 0 Å². The molecule has 18 heavy (non-hydrogen) atoms. The van der Waals surface area contributed by atoms with E-state index in [1.165, 1.54) is 0 Å². The van der Waals surface area contributed by atoms with Gasteiger partial charge in [-0.2, -0.15) is 0 Å². The van der Waals surface area contributed by atoms with E-state index in [2.05, 4.69) is 11.9 Å². The van der Waals surface area contributed by atoms with E-state index in [9.17, 15) is 5.11 Å². The minimum absolute atomic E-state index is 0.553. The predicted molar refractivity (Wildman–Crippen MR) is 77.5 cm³/mol. The van der Waals surface area contributed by atoms with Crippen molar-refractivity contribution in [2.24, 2.45) is 0 Å². The Kier molecular flexibility index (Phi) is 5.54. The summed E-state index contributed by atoms with van der Waals surface area (Å²) in [5.74, 6) is 0. The zero-order valence-electron chi connectivity index (χ0n) is 11.6. The van der Waals surface area contributed by atoms with Gasteiger partial charge in [0.05, 0.1) is 5.60 Å². The van der Waals surface area contributed by atoms with Gasteiger partial charge in [0.1, 0.15) is 0 Å². The summed E-state index contributed by atoms with van der Waals surface area (Å²) < 4.78 is 0. The molecule has 0 saturated heterocycles. The Morgan fingerprint density at radius 2 is 1.94 bits per heavy atom. The number of rotatable bonds is 7. The molecule has 1 unspecified atom stereocenters. The highest BCUT2D eigenvalue weighted by molar-refractivity contribution is 5.64. The average Bonchev–Trinajstić information content (AvgIpc) is 2.28. The summed E-state index contributed by atoms with van der Waals surface area (Å²) in [6.45, 7) is 7.77. The molecule has 0 bridgehead atoms. The minimum Gasteiger partial charge on any atom is -0.388 e. The molecule has 0 radical (unpaired) electrons. The van der Waals surface area contributed by atoms with Crippen molar-refractivity contribution in [2.45, 2.75) is 12.5 Å². The first-order valence-electron chi connectivity index (χ1n) is 6.22. The monoisotopic (exact) mass is 248 g/mol. The van der Waals surface area contributed by atoms with Crippen LogP contribution in [0.4, 0.5) is 0 Å². The molecule has 1 atom stereocenters. The van der Waals surface area contributed by atoms with Crippen LogP contribution in [-0.4, -0.2) is 49.3 Å². The van der Waals surface area contributed by atoms with E-state index in [-0.39, 0.29) is 0 Å². The molecule has 3 nitrogen and oxygen atoms in total. The lowest BCUT2D eigenvalue weighted by molar-refractivity contribution is 0.0349. The molecule has 2 N–H and O–H groups in total. The molecule has 0 amide bonds. The fourth-order valence-electron chi connectivity index (χ4n) is 2.00. The van der Waals surface area contributed by atoms with E-state index in [0.717, 1.165) is 11.1 Å². The van der Waals surface area contributed by atoms with Crippen LogP contribution in [0, 0.1) is 0 Å². The maximum Gasteiger partial charge on any atom is 0.0869 e. The van der Waals surface area contributed by atoms with Crippen LogP contribution in [0.2, 0.25) is 0 Å². The van der Waals surface area contributed by atoms with Crippen LogP contribution in [0.25, 0.3) is 5.57 Å². The third-order valence-electron chi connectivity index (χ3n) is 2.68. The first kappa shape index (κ1) is 14.9. The molecular formula is C15H24N2O. The molecule has 3 heteroatoms. The van der Waals surface area contributed by atoms with E-state index in [1.54, 1.807) is 0 Å². The van der Waals surface area contributed by atoms with Crippen LogP contribution in [0.15, 0.2) is 36.9 Å². The second-order valence-corrected chi connectivity index (χ2v) is 5.31. The lowest BCUT2D eigenvalue weighted by Gasteiger charge is -2.27. The molecule has 0 saturated carbocycles. The third-order valence-corrected chi connectivity index (χ3v) is 2.68. The van der Waals surface area contributed by atoms with Gasteiger partial charge in [0, 0.05) is 19.6 Å². The number of nitrogens with zero attached hydrogens (tertiary/aromatic N) is 1. The zero-order valence-corrected chi connectivity index (χ0v) is 11.6. The minimum atomic E-state index is -0.722. The smallest absolute Gasteiger partial charge is 0.0869 e. The molecule has 100 valence electrons. The quantitative estimate of drug-likeness (QED) is 0.769. The second-order valence-electron chi connectivity index (χ2n) is 5.31. The van der Waals surface area contributed by atoms with Gasteiger partial charge in [-0.3, -0.25) is 0 Å². The van der Waals surface area contributed by atoms with Crippen LogP contribution in [0.5, 0.6) is 0 Å². The number of likely N-dealkylation sites (N-methyl/N-ethyl adjacent to an activating group) is 1. The highest BCUT2D eigenvalue weighted by atomic mass is 16.3. The number of hydrogen-bond donors (Lipinski definition) is 2. The molecule has 0 heterocycles. The molecule has 0 aromatic heterocycles. The van der Waals surface area contributed by atoms with Crippen molar-refractivity contribution in [1.29, 1.82) is 0 Å². The number of aliphatic hydroxyl groups is 1. The van der Waals surface area contributed by atoms with Crippen molar-refractivity contribution in [2.75, 3.05) is 33.7 Å². The predicted octanol–water partition coefficient (Wildman–Crippen LogP) is 1.60. The lowest BCUT2D eigenvalue weighted by atomic mass is 10.1. The molecule has 0 spiro atoms. The van der Waals surface area contributed by atoms with Crippen LogP contribution in [0.1, 0.15) is 12.5 Å². The maximum atomic E-state index is 10.1. The SMILES string of the molecule is C=C(CNCC(C)(O)CN(C)C)c1ccccc1. The van der Waals surface area contributed by atoms with Crippen LogP contribution in [0.3, 0.4) is 0 Å². The van der Waals surface area contributed by atoms with Gasteiger partial charge in [0.2, 0.25) is 0 Å². The molecular weight excluding hydrogens is 224 g/mol. The summed E-state index contributed by atoms with van der Waals surface area (Å²) in [6.07, 6.45) is 0. The Balaban J connectivity index is 2.36. The fourth-order valence-corrected chi connectivity index (χ4v) is 2.00. The topological polar surface area (TPSA) is 35.5 Å². The summed E-state index contributed by atoms with van der Waals surface area (Å²) in [5.41, 5.74) is 1.45. The van der Waals surface area contributed by atoms with Gasteiger partial charge in [0.15, 0.2) is 0 Å². The van der Waals surface area contributed by atoms with Crippen molar-refractivity contribution >= 4 is 5.57 Å². The van der Waals surface area contributed by atoms with Crippen molar-refractivity contribution in [3.63, 3.8) is 0 Å². The van der Waals surface area contributed by atoms with Crippen molar-refractivity contribution in [3.8, 4) is 0 Å². The first-order valence-corrected chi connectivity index (χ1v) is 6.22. The summed E-state index contributed by atoms with van der Waals surface area (Å²) in [5, 5.41) is 13.4. The normalized spacial score (nSPS) is 14.5. The van der Waals surface area contributed by atoms with E-state index in [4.69, 9.17) is 0 Å². The summed E-state index contributed by atoms with van der Waals surface area (Å²) in [6, 6.07) is 10.1. The lowest BCUT2D eigenvalue weighted by Crippen LogP contribution is -2.45. The maximum absolute atomic E-state index is 10.1. The summed E-state index contributed by atoms with van der Waals surface area (Å²) in [4.78, 5) is 1.98. The van der Waals surface area contributed by atoms with Crippen LogP contribution >= 0.6 is 0 Å².